The molecule has 1 nitrogen and oxygen atoms in total. The third-order valence-corrected chi connectivity index (χ3v) is 3.50. The van der Waals surface area contributed by atoms with E-state index in [1.807, 2.05) is 0 Å². The van der Waals surface area contributed by atoms with Gasteiger partial charge in [0.25, 0.3) is 0 Å². The van der Waals surface area contributed by atoms with Crippen LogP contribution < -0.4 is 5.32 Å². The zero-order valence-corrected chi connectivity index (χ0v) is 14.0. The first kappa shape index (κ1) is 18.0. The summed E-state index contributed by atoms with van der Waals surface area (Å²) in [6.45, 7) is 18.6. The van der Waals surface area contributed by atoms with Crippen LogP contribution in [0.2, 0.25) is 0 Å². The Morgan fingerprint density at radius 3 is 1.94 bits per heavy atom. The van der Waals surface area contributed by atoms with Crippen LogP contribution in [0.5, 0.6) is 0 Å². The summed E-state index contributed by atoms with van der Waals surface area (Å²) in [6, 6.07) is 0. The van der Waals surface area contributed by atoms with Crippen molar-refractivity contribution in [2.75, 3.05) is 13.1 Å². The SMILES string of the molecule is CC[C@@H](CCCNCC(C)(C)C)CCC(C)(C)C. The van der Waals surface area contributed by atoms with Crippen LogP contribution in [0.1, 0.15) is 80.6 Å². The molecule has 0 unspecified atom stereocenters. The van der Waals surface area contributed by atoms with Crippen molar-refractivity contribution in [2.45, 2.75) is 80.6 Å². The average Bonchev–Trinajstić information content (AvgIpc) is 2.19. The van der Waals surface area contributed by atoms with Gasteiger partial charge in [0.1, 0.15) is 0 Å². The summed E-state index contributed by atoms with van der Waals surface area (Å²) in [5.41, 5.74) is 0.911. The van der Waals surface area contributed by atoms with Gasteiger partial charge in [-0.3, -0.25) is 0 Å². The molecule has 0 aliphatic heterocycles. The molecule has 0 aliphatic rings. The first-order valence-corrected chi connectivity index (χ1v) is 7.85. The zero-order chi connectivity index (χ0) is 14.2. The summed E-state index contributed by atoms with van der Waals surface area (Å²) in [7, 11) is 0. The predicted octanol–water partition coefficient (Wildman–Crippen LogP) is 5.25. The minimum atomic E-state index is 0.413. The Kier molecular flexibility index (Phi) is 8.18. The lowest BCUT2D eigenvalue weighted by Gasteiger charge is -2.23. The van der Waals surface area contributed by atoms with Crippen LogP contribution in [-0.2, 0) is 0 Å². The van der Waals surface area contributed by atoms with Crippen LogP contribution in [0.4, 0.5) is 0 Å². The van der Waals surface area contributed by atoms with Crippen LogP contribution in [0.3, 0.4) is 0 Å². The fourth-order valence-electron chi connectivity index (χ4n) is 2.17. The van der Waals surface area contributed by atoms with Crippen LogP contribution >= 0.6 is 0 Å². The monoisotopic (exact) mass is 255 g/mol. The fraction of sp³-hybridized carbons (Fsp3) is 1.00. The highest BCUT2D eigenvalue weighted by Crippen LogP contribution is 2.26. The molecule has 0 amide bonds. The number of rotatable bonds is 8. The number of hydrogen-bond acceptors (Lipinski definition) is 1. The van der Waals surface area contributed by atoms with Gasteiger partial charge in [0, 0.05) is 0 Å². The van der Waals surface area contributed by atoms with Crippen molar-refractivity contribution in [3.05, 3.63) is 0 Å². The Balaban J connectivity index is 3.62. The molecular weight excluding hydrogens is 218 g/mol. The molecule has 0 saturated heterocycles. The van der Waals surface area contributed by atoms with Crippen molar-refractivity contribution >= 4 is 0 Å². The molecule has 0 radical (unpaired) electrons. The quantitative estimate of drug-likeness (QED) is 0.584. The summed E-state index contributed by atoms with van der Waals surface area (Å²) >= 11 is 0. The largest absolute Gasteiger partial charge is 0.316 e. The van der Waals surface area contributed by atoms with E-state index in [0.29, 0.717) is 10.8 Å². The molecule has 0 aliphatic carbocycles. The molecule has 0 aromatic rings. The lowest BCUT2D eigenvalue weighted by Crippen LogP contribution is -2.27. The van der Waals surface area contributed by atoms with E-state index in [0.717, 1.165) is 12.5 Å². The highest BCUT2D eigenvalue weighted by atomic mass is 14.9. The van der Waals surface area contributed by atoms with Crippen LogP contribution in [0.25, 0.3) is 0 Å². The van der Waals surface area contributed by atoms with Crippen molar-refractivity contribution < 1.29 is 0 Å². The smallest absolute Gasteiger partial charge is 0.0000126 e. The molecule has 0 rings (SSSR count). The van der Waals surface area contributed by atoms with Crippen molar-refractivity contribution in [1.29, 1.82) is 0 Å². The summed E-state index contributed by atoms with van der Waals surface area (Å²) in [6.07, 6.45) is 6.83. The van der Waals surface area contributed by atoms with Crippen LogP contribution in [-0.4, -0.2) is 13.1 Å². The predicted molar refractivity (Wildman–Crippen MR) is 84.0 cm³/mol. The maximum absolute atomic E-state index is 3.58. The van der Waals surface area contributed by atoms with Crippen LogP contribution in [0.15, 0.2) is 0 Å². The minimum Gasteiger partial charge on any atom is -0.316 e. The maximum atomic E-state index is 3.58. The van der Waals surface area contributed by atoms with Crippen molar-refractivity contribution in [3.63, 3.8) is 0 Å². The first-order chi connectivity index (χ1) is 8.14. The Bertz CT molecular complexity index is 195. The van der Waals surface area contributed by atoms with E-state index in [2.05, 4.69) is 53.8 Å². The van der Waals surface area contributed by atoms with Gasteiger partial charge >= 0.3 is 0 Å². The molecule has 1 atom stereocenters. The van der Waals surface area contributed by atoms with Gasteiger partial charge < -0.3 is 5.32 Å². The Labute approximate surface area is 116 Å². The Morgan fingerprint density at radius 1 is 0.889 bits per heavy atom. The molecule has 0 aromatic carbocycles. The van der Waals surface area contributed by atoms with Gasteiger partial charge in [-0.15, -0.1) is 0 Å². The zero-order valence-electron chi connectivity index (χ0n) is 14.0. The Hall–Kier alpha value is -0.0400. The normalized spacial score (nSPS) is 14.8. The second kappa shape index (κ2) is 8.19. The van der Waals surface area contributed by atoms with Gasteiger partial charge in [-0.2, -0.15) is 0 Å². The van der Waals surface area contributed by atoms with Gasteiger partial charge in [0.05, 0.1) is 0 Å². The summed E-state index contributed by atoms with van der Waals surface area (Å²) < 4.78 is 0. The maximum Gasteiger partial charge on any atom is -0.0000126 e. The summed E-state index contributed by atoms with van der Waals surface area (Å²) in [5, 5.41) is 3.58. The average molecular weight is 255 g/mol. The van der Waals surface area contributed by atoms with E-state index in [4.69, 9.17) is 0 Å². The molecule has 0 fully saturated rings. The molecule has 110 valence electrons. The molecule has 1 N–H and O–H groups in total. The molecule has 0 heterocycles. The van der Waals surface area contributed by atoms with Gasteiger partial charge in [-0.1, -0.05) is 54.9 Å². The third-order valence-electron chi connectivity index (χ3n) is 3.50. The van der Waals surface area contributed by atoms with Gasteiger partial charge in [0.2, 0.25) is 0 Å². The van der Waals surface area contributed by atoms with E-state index in [1.165, 1.54) is 38.6 Å². The number of nitrogens with one attached hydrogen (secondary N) is 1. The molecule has 18 heavy (non-hydrogen) atoms. The van der Waals surface area contributed by atoms with E-state index in [9.17, 15) is 0 Å². The topological polar surface area (TPSA) is 12.0 Å². The van der Waals surface area contributed by atoms with Crippen molar-refractivity contribution in [2.24, 2.45) is 16.7 Å². The Morgan fingerprint density at radius 2 is 1.50 bits per heavy atom. The summed E-state index contributed by atoms with van der Waals surface area (Å²) in [5.74, 6) is 0.931. The summed E-state index contributed by atoms with van der Waals surface area (Å²) in [4.78, 5) is 0. The minimum absolute atomic E-state index is 0.413. The molecule has 1 heteroatoms. The van der Waals surface area contributed by atoms with E-state index in [1.54, 1.807) is 0 Å². The molecular formula is C17H37N. The van der Waals surface area contributed by atoms with E-state index >= 15 is 0 Å². The van der Waals surface area contributed by atoms with E-state index < -0.39 is 0 Å². The molecule has 0 bridgehead atoms. The second-order valence-corrected chi connectivity index (χ2v) is 8.25. The van der Waals surface area contributed by atoms with Crippen LogP contribution in [0, 0.1) is 16.7 Å². The molecule has 0 aromatic heterocycles. The van der Waals surface area contributed by atoms with Crippen molar-refractivity contribution in [1.82, 2.24) is 5.32 Å². The third kappa shape index (κ3) is 12.4. The lowest BCUT2D eigenvalue weighted by molar-refractivity contribution is 0.302. The van der Waals surface area contributed by atoms with Crippen molar-refractivity contribution in [3.8, 4) is 0 Å². The molecule has 0 spiro atoms. The highest BCUT2D eigenvalue weighted by molar-refractivity contribution is 4.68. The number of hydrogen-bond donors (Lipinski definition) is 1. The fourth-order valence-corrected chi connectivity index (χ4v) is 2.17. The van der Waals surface area contributed by atoms with Gasteiger partial charge in [0.15, 0.2) is 0 Å². The van der Waals surface area contributed by atoms with Gasteiger partial charge in [-0.05, 0) is 55.5 Å². The molecule has 0 saturated carbocycles. The van der Waals surface area contributed by atoms with E-state index in [-0.39, 0.29) is 0 Å². The lowest BCUT2D eigenvalue weighted by atomic mass is 9.84. The second-order valence-electron chi connectivity index (χ2n) is 8.25. The first-order valence-electron chi connectivity index (χ1n) is 7.85. The van der Waals surface area contributed by atoms with Gasteiger partial charge in [-0.25, -0.2) is 0 Å². The standard InChI is InChI=1S/C17H37N/c1-8-15(11-12-16(2,3)4)10-9-13-18-14-17(5,6)7/h15,18H,8-14H2,1-7H3/t15-/m0/s1. The highest BCUT2D eigenvalue weighted by Gasteiger charge is 2.14.